The average Bonchev–Trinajstić information content (AvgIpc) is 3.99. The van der Waals surface area contributed by atoms with Crippen LogP contribution in [-0.2, 0) is 64.3 Å². The smallest absolute Gasteiger partial charge is 0.455 e. The largest absolute Gasteiger partial charge is 0.472 e. The molecule has 11 N–H and O–H groups in total. The molecule has 0 bridgehead atoms. The number of aliphatic hydroxyl groups is 2. The molecule has 2 amide bonds. The van der Waals surface area contributed by atoms with E-state index in [1.54, 1.807) is 24.3 Å². The lowest BCUT2D eigenvalue weighted by molar-refractivity contribution is -0.159. The molecule has 28 nitrogen and oxygen atoms in total. The third-order valence-electron chi connectivity index (χ3n) is 11.0. The zero-order valence-electron chi connectivity index (χ0n) is 37.7. The van der Waals surface area contributed by atoms with Crippen molar-refractivity contribution in [1.29, 1.82) is 0 Å². The van der Waals surface area contributed by atoms with E-state index < -0.39 is 108 Å². The Morgan fingerprint density at radius 1 is 0.875 bits per heavy atom. The Labute approximate surface area is 406 Å². The molecule has 2 aromatic carbocycles. The van der Waals surface area contributed by atoms with Gasteiger partial charge in [-0.3, -0.25) is 27.5 Å². The van der Waals surface area contributed by atoms with Crippen LogP contribution in [0.5, 0.6) is 0 Å². The van der Waals surface area contributed by atoms with Crippen LogP contribution < -0.4 is 27.8 Å². The lowest BCUT2D eigenvalue weighted by atomic mass is 10.1. The number of unbranched alkanes of at least 4 members (excludes halogenated alkanes) is 1. The first-order valence-electron chi connectivity index (χ1n) is 21.8. The molecule has 7 rings (SSSR count). The fourth-order valence-corrected chi connectivity index (χ4v) is 8.83. The van der Waals surface area contributed by atoms with E-state index in [0.29, 0.717) is 29.7 Å². The highest BCUT2D eigenvalue weighted by Crippen LogP contribution is 2.50. The van der Waals surface area contributed by atoms with E-state index in [-0.39, 0.29) is 48.2 Å². The first-order chi connectivity index (χ1) is 34.2. The molecule has 1 unspecified atom stereocenters. The van der Waals surface area contributed by atoms with E-state index in [9.17, 15) is 57.6 Å². The second-order valence-corrected chi connectivity index (χ2v) is 18.9. The number of rotatable bonds is 21. The Hall–Kier alpha value is -6.33. The van der Waals surface area contributed by atoms with Crippen molar-refractivity contribution < 1.29 is 85.3 Å². The Morgan fingerprint density at radius 3 is 2.21 bits per heavy atom. The summed E-state index contributed by atoms with van der Waals surface area (Å²) in [6.07, 6.45) is -10.8. The van der Waals surface area contributed by atoms with E-state index in [1.807, 2.05) is 6.92 Å². The maximum absolute atomic E-state index is 14.0. The molecule has 2 saturated heterocycles. The summed E-state index contributed by atoms with van der Waals surface area (Å²) in [5, 5.41) is 28.1. The van der Waals surface area contributed by atoms with Crippen molar-refractivity contribution >= 4 is 62.1 Å². The Morgan fingerprint density at radius 2 is 1.53 bits per heavy atom. The number of alkyl carbamates (subject to hydrolysis) is 1. The number of carbonyl (C=O) groups excluding carboxylic acids is 3. The lowest BCUT2D eigenvalue weighted by Gasteiger charge is -2.26. The summed E-state index contributed by atoms with van der Waals surface area (Å²) >= 11 is 0. The number of anilines is 3. The van der Waals surface area contributed by atoms with Gasteiger partial charge in [0.15, 0.2) is 30.0 Å². The van der Waals surface area contributed by atoms with Crippen LogP contribution in [0.15, 0.2) is 78.2 Å². The molecule has 2 aliphatic heterocycles. The highest BCUT2D eigenvalue weighted by molar-refractivity contribution is 7.47. The van der Waals surface area contributed by atoms with Crippen LogP contribution in [-0.4, -0.2) is 128 Å². The number of phosphoric acid groups is 2. The first kappa shape index (κ1) is 53.5. The van der Waals surface area contributed by atoms with Gasteiger partial charge in [-0.2, -0.15) is 4.98 Å². The minimum absolute atomic E-state index is 0.00552. The number of imidazole rings is 1. The van der Waals surface area contributed by atoms with Crippen molar-refractivity contribution in [2.75, 3.05) is 30.0 Å². The van der Waals surface area contributed by atoms with Gasteiger partial charge in [0, 0.05) is 11.9 Å². The van der Waals surface area contributed by atoms with Crippen molar-refractivity contribution in [1.82, 2.24) is 34.4 Å². The molecule has 5 heterocycles. The molecular weight excluding hydrogens is 1000 g/mol. The summed E-state index contributed by atoms with van der Waals surface area (Å²) < 4.78 is 78.2. The number of phosphoric ester groups is 2. The zero-order valence-corrected chi connectivity index (χ0v) is 39.5. The van der Waals surface area contributed by atoms with Crippen LogP contribution in [0.1, 0.15) is 49.8 Å². The van der Waals surface area contributed by atoms with Gasteiger partial charge < -0.3 is 65.9 Å². The number of halogens is 1. The molecule has 10 atom stereocenters. The number of ether oxygens (including phenoxy) is 4. The normalized spacial score (nSPS) is 23.3. The Bertz CT molecular complexity index is 2880. The van der Waals surface area contributed by atoms with Gasteiger partial charge in [-0.15, -0.1) is 0 Å². The van der Waals surface area contributed by atoms with Gasteiger partial charge in [-0.25, -0.2) is 42.9 Å². The highest BCUT2D eigenvalue weighted by Gasteiger charge is 2.52. The number of nitrogen functional groups attached to an aromatic ring is 2. The topological polar surface area (TPSA) is 406 Å². The molecule has 31 heteroatoms. The summed E-state index contributed by atoms with van der Waals surface area (Å²) in [6, 6.07) is 11.6. The number of fused-ring (bicyclic) bond motifs is 1. The minimum Gasteiger partial charge on any atom is -0.455 e. The predicted octanol–water partition coefficient (Wildman–Crippen LogP) is 1.09. The molecule has 3 aromatic heterocycles. The maximum Gasteiger partial charge on any atom is 0.472 e. The van der Waals surface area contributed by atoms with E-state index >= 15 is 0 Å². The number of nitrogens with one attached hydrogen (secondary N) is 2. The van der Waals surface area contributed by atoms with Gasteiger partial charge in [0.2, 0.25) is 5.91 Å². The van der Waals surface area contributed by atoms with Crippen molar-refractivity contribution in [2.24, 2.45) is 0 Å². The fraction of sp³-hybridized carbons (Fsp3) is 0.415. The van der Waals surface area contributed by atoms with Crippen molar-refractivity contribution in [3.05, 3.63) is 101 Å². The third-order valence-corrected chi connectivity index (χ3v) is 12.5. The molecule has 2 aliphatic rings. The summed E-state index contributed by atoms with van der Waals surface area (Å²) in [5.41, 5.74) is 12.2. The third kappa shape index (κ3) is 13.6. The van der Waals surface area contributed by atoms with Crippen LogP contribution in [0, 0.1) is 5.82 Å². The van der Waals surface area contributed by atoms with E-state index in [2.05, 4.69) is 35.1 Å². The second kappa shape index (κ2) is 23.0. The van der Waals surface area contributed by atoms with Crippen molar-refractivity contribution in [2.45, 2.75) is 94.3 Å². The van der Waals surface area contributed by atoms with E-state index in [1.165, 1.54) is 35.2 Å². The predicted molar refractivity (Wildman–Crippen MR) is 243 cm³/mol. The number of aromatic nitrogens is 6. The maximum atomic E-state index is 14.0. The quantitative estimate of drug-likeness (QED) is 0.0367. The highest BCUT2D eigenvalue weighted by atomic mass is 31.2. The zero-order chi connectivity index (χ0) is 51.9. The molecular formula is C41H49FN10O18P2. The van der Waals surface area contributed by atoms with Crippen molar-refractivity contribution in [3.63, 3.8) is 0 Å². The standard InChI is InChI=1S/C41H49FN10O18P2/c1-2-3-4-25(49-41(58)64-16-22-7-11-24(12-8-22)48-29(53)15-21-5-9-23(42)10-6-21)39(56)69-33-26(67-38(31(33)54)52-20-47-30-35(44)45-19-46-36(30)52)18-66-72(62,63)70-34-27(17-65-71(59,60)61)68-37(32(34)55)51-14-13-28(43)50-40(51)57/h5-14,19-20,25-27,31-34,37-38,54-55H,2-4,15-18H2,1H3,(H,48,53)(H,49,58)(H,62,63)(H2,43,50,57)(H2,44,45,46)(H2,59,60,61)/t25-,26+,27+,31+,32+,33+,34+,37+,38+/m0/s1. The molecule has 0 aliphatic carbocycles. The SMILES string of the molecule is CCCC[C@H](NC(=O)OCc1ccc(NC(=O)Cc2ccc(F)cc2)cc1)C(=O)O[C@H]1[C@@H](O)[C@H](n2cnc3c(N)ncnc32)O[C@@H]1COP(=O)(O)O[C@H]1[C@@H](O)[C@H](n2ccc(N)nc2=O)O[C@@H]1COP(=O)(O)O. The molecule has 72 heavy (non-hydrogen) atoms. The molecule has 388 valence electrons. The van der Waals surface area contributed by atoms with Gasteiger partial charge in [-0.1, -0.05) is 44.0 Å². The van der Waals surface area contributed by atoms with Gasteiger partial charge in [-0.05, 0) is 47.9 Å². The van der Waals surface area contributed by atoms with E-state index in [4.69, 9.17) is 39.5 Å². The van der Waals surface area contributed by atoms with Crippen LogP contribution >= 0.6 is 15.6 Å². The number of carbonyl (C=O) groups is 3. The Kier molecular flexibility index (Phi) is 17.1. The summed E-state index contributed by atoms with van der Waals surface area (Å²) in [6.45, 7) is -0.493. The number of nitrogens with zero attached hydrogens (tertiary/aromatic N) is 6. The second-order valence-electron chi connectivity index (χ2n) is 16.2. The number of aliphatic hydroxyl groups excluding tert-OH is 2. The van der Waals surface area contributed by atoms with Crippen LogP contribution in [0.4, 0.5) is 26.5 Å². The molecule has 5 aromatic rings. The number of nitrogens with two attached hydrogens (primary N) is 2. The first-order valence-corrected chi connectivity index (χ1v) is 24.8. The molecule has 0 spiro atoms. The Balaban J connectivity index is 1.03. The van der Waals surface area contributed by atoms with Crippen LogP contribution in [0.3, 0.4) is 0 Å². The molecule has 2 fully saturated rings. The number of hydrogen-bond acceptors (Lipinski definition) is 21. The molecule has 0 radical (unpaired) electrons. The number of esters is 1. The number of benzene rings is 2. The minimum atomic E-state index is -5.46. The monoisotopic (exact) mass is 1050 g/mol. The van der Waals surface area contributed by atoms with Gasteiger partial charge in [0.05, 0.1) is 26.0 Å². The summed E-state index contributed by atoms with van der Waals surface area (Å²) in [5.74, 6) is -2.10. The summed E-state index contributed by atoms with van der Waals surface area (Å²) in [4.78, 5) is 97.6. The van der Waals surface area contributed by atoms with E-state index in [0.717, 1.165) is 23.2 Å². The van der Waals surface area contributed by atoms with Gasteiger partial charge in [0.1, 0.15) is 66.6 Å². The van der Waals surface area contributed by atoms with Crippen LogP contribution in [0.25, 0.3) is 11.2 Å². The summed E-state index contributed by atoms with van der Waals surface area (Å²) in [7, 11) is -10.7. The molecule has 0 saturated carbocycles. The fourth-order valence-electron chi connectivity index (χ4n) is 7.52. The van der Waals surface area contributed by atoms with Gasteiger partial charge >= 0.3 is 33.4 Å². The number of hydrogen-bond donors (Lipinski definition) is 9. The number of amides is 2. The van der Waals surface area contributed by atoms with Gasteiger partial charge in [0.25, 0.3) is 0 Å². The lowest BCUT2D eigenvalue weighted by Crippen LogP contribution is -2.46. The van der Waals surface area contributed by atoms with Crippen molar-refractivity contribution in [3.8, 4) is 0 Å². The van der Waals surface area contributed by atoms with Crippen LogP contribution in [0.2, 0.25) is 0 Å². The average molecular weight is 1050 g/mol.